The maximum Gasteiger partial charge on any atom is 0.0671 e. The van der Waals surface area contributed by atoms with E-state index in [-0.39, 0.29) is 5.38 Å². The third kappa shape index (κ3) is 3.48. The fourth-order valence-electron chi connectivity index (χ4n) is 2.31. The lowest BCUT2D eigenvalue weighted by molar-refractivity contribution is 0.188. The average Bonchev–Trinajstić information content (AvgIpc) is 2.75. The highest BCUT2D eigenvalue weighted by atomic mass is 35.5. The predicted octanol–water partition coefficient (Wildman–Crippen LogP) is 3.73. The van der Waals surface area contributed by atoms with Gasteiger partial charge in [0.05, 0.1) is 11.1 Å². The van der Waals surface area contributed by atoms with Gasteiger partial charge in [0, 0.05) is 31.5 Å². The first-order valence-electron chi connectivity index (χ1n) is 6.90. The fraction of sp³-hybridized carbons (Fsp3) is 0.786. The van der Waals surface area contributed by atoms with Crippen LogP contribution in [0.1, 0.15) is 55.9 Å². The summed E-state index contributed by atoms with van der Waals surface area (Å²) in [6, 6.07) is 0. The second kappa shape index (κ2) is 7.80. The Morgan fingerprint density at radius 3 is 2.50 bits per heavy atom. The van der Waals surface area contributed by atoms with Crippen molar-refractivity contribution in [2.24, 2.45) is 0 Å². The van der Waals surface area contributed by atoms with Crippen LogP contribution >= 0.6 is 11.6 Å². The van der Waals surface area contributed by atoms with Crippen molar-refractivity contribution in [3.63, 3.8) is 0 Å². The third-order valence-electron chi connectivity index (χ3n) is 3.23. The normalized spacial score (nSPS) is 12.9. The summed E-state index contributed by atoms with van der Waals surface area (Å²) in [5, 5.41) is 4.81. The van der Waals surface area contributed by atoms with Gasteiger partial charge in [0.2, 0.25) is 0 Å². The van der Waals surface area contributed by atoms with E-state index in [1.807, 2.05) is 0 Å². The van der Waals surface area contributed by atoms with Gasteiger partial charge in [-0.2, -0.15) is 5.10 Å². The van der Waals surface area contributed by atoms with E-state index >= 15 is 0 Å². The average molecular weight is 273 g/mol. The van der Waals surface area contributed by atoms with Crippen LogP contribution in [0.15, 0.2) is 0 Å². The summed E-state index contributed by atoms with van der Waals surface area (Å²) < 4.78 is 7.23. The van der Waals surface area contributed by atoms with E-state index in [1.54, 1.807) is 7.11 Å². The molecule has 0 aliphatic carbocycles. The molecule has 0 bridgehead atoms. The van der Waals surface area contributed by atoms with Crippen LogP contribution in [-0.2, 0) is 24.1 Å². The van der Waals surface area contributed by atoms with Gasteiger partial charge in [-0.15, -0.1) is 11.6 Å². The SMILES string of the molecule is CCc1nn(CCCOC)c(CC)c1C(Cl)CC. The van der Waals surface area contributed by atoms with Crippen LogP contribution in [0.3, 0.4) is 0 Å². The molecule has 0 spiro atoms. The molecule has 0 saturated carbocycles. The molecule has 0 aliphatic rings. The van der Waals surface area contributed by atoms with Gasteiger partial charge in [0.1, 0.15) is 0 Å². The topological polar surface area (TPSA) is 27.1 Å². The van der Waals surface area contributed by atoms with Crippen LogP contribution in [-0.4, -0.2) is 23.5 Å². The molecule has 4 heteroatoms. The van der Waals surface area contributed by atoms with Gasteiger partial charge in [0.25, 0.3) is 0 Å². The van der Waals surface area contributed by atoms with E-state index in [2.05, 4.69) is 25.5 Å². The summed E-state index contributed by atoms with van der Waals surface area (Å²) in [6.07, 6.45) is 3.87. The molecular weight excluding hydrogens is 248 g/mol. The first-order valence-corrected chi connectivity index (χ1v) is 7.34. The second-order valence-electron chi connectivity index (χ2n) is 4.46. The van der Waals surface area contributed by atoms with Gasteiger partial charge >= 0.3 is 0 Å². The molecule has 3 nitrogen and oxygen atoms in total. The Kier molecular flexibility index (Phi) is 6.72. The van der Waals surface area contributed by atoms with Crippen LogP contribution < -0.4 is 0 Å². The summed E-state index contributed by atoms with van der Waals surface area (Å²) in [5.41, 5.74) is 3.72. The Labute approximate surface area is 115 Å². The van der Waals surface area contributed by atoms with Crippen LogP contribution in [0.5, 0.6) is 0 Å². The lowest BCUT2D eigenvalue weighted by Gasteiger charge is -2.11. The summed E-state index contributed by atoms with van der Waals surface area (Å²) in [7, 11) is 1.73. The molecule has 1 aromatic heterocycles. The summed E-state index contributed by atoms with van der Waals surface area (Å²) in [5.74, 6) is 0. The van der Waals surface area contributed by atoms with E-state index in [0.29, 0.717) is 0 Å². The molecule has 0 fully saturated rings. The molecule has 18 heavy (non-hydrogen) atoms. The minimum absolute atomic E-state index is 0.0890. The second-order valence-corrected chi connectivity index (χ2v) is 4.99. The van der Waals surface area contributed by atoms with Gasteiger partial charge in [0.15, 0.2) is 0 Å². The minimum atomic E-state index is 0.0890. The Hall–Kier alpha value is -0.540. The van der Waals surface area contributed by atoms with Gasteiger partial charge in [-0.25, -0.2) is 0 Å². The first kappa shape index (κ1) is 15.5. The van der Waals surface area contributed by atoms with Crippen LogP contribution in [0, 0.1) is 0 Å². The van der Waals surface area contributed by atoms with Crippen molar-refractivity contribution in [2.75, 3.05) is 13.7 Å². The van der Waals surface area contributed by atoms with Crippen LogP contribution in [0.4, 0.5) is 0 Å². The van der Waals surface area contributed by atoms with E-state index in [0.717, 1.165) is 44.5 Å². The molecule has 0 amide bonds. The molecule has 104 valence electrons. The molecule has 1 rings (SSSR count). The molecule has 0 aliphatic heterocycles. The zero-order chi connectivity index (χ0) is 13.5. The van der Waals surface area contributed by atoms with E-state index in [4.69, 9.17) is 21.4 Å². The zero-order valence-corrected chi connectivity index (χ0v) is 12.8. The number of nitrogens with zero attached hydrogens (tertiary/aromatic N) is 2. The van der Waals surface area contributed by atoms with Crippen molar-refractivity contribution < 1.29 is 4.74 Å². The maximum absolute atomic E-state index is 6.46. The molecule has 1 aromatic rings. The van der Waals surface area contributed by atoms with Crippen LogP contribution in [0.25, 0.3) is 0 Å². The summed E-state index contributed by atoms with van der Waals surface area (Å²) in [6.45, 7) is 8.13. The van der Waals surface area contributed by atoms with Gasteiger partial charge in [-0.1, -0.05) is 20.8 Å². The van der Waals surface area contributed by atoms with Crippen molar-refractivity contribution in [2.45, 2.75) is 58.4 Å². The highest BCUT2D eigenvalue weighted by Crippen LogP contribution is 2.31. The van der Waals surface area contributed by atoms with Gasteiger partial charge in [-0.05, 0) is 25.7 Å². The van der Waals surface area contributed by atoms with Crippen molar-refractivity contribution in [3.8, 4) is 0 Å². The standard InChI is InChI=1S/C14H25ClN2O/c1-5-11(15)14-12(6-2)16-17(13(14)7-3)9-8-10-18-4/h11H,5-10H2,1-4H3. The van der Waals surface area contributed by atoms with Crippen molar-refractivity contribution in [1.82, 2.24) is 9.78 Å². The number of hydrogen-bond acceptors (Lipinski definition) is 2. The Balaban J connectivity index is 3.00. The van der Waals surface area contributed by atoms with Gasteiger partial charge in [-0.3, -0.25) is 4.68 Å². The van der Waals surface area contributed by atoms with Crippen molar-refractivity contribution >= 4 is 11.6 Å². The Morgan fingerprint density at radius 1 is 1.28 bits per heavy atom. The highest BCUT2D eigenvalue weighted by Gasteiger charge is 2.20. The van der Waals surface area contributed by atoms with Crippen molar-refractivity contribution in [1.29, 1.82) is 0 Å². The summed E-state index contributed by atoms with van der Waals surface area (Å²) in [4.78, 5) is 0. The number of methoxy groups -OCH3 is 1. The number of rotatable bonds is 8. The fourth-order valence-corrected chi connectivity index (χ4v) is 2.56. The smallest absolute Gasteiger partial charge is 0.0671 e. The van der Waals surface area contributed by atoms with E-state index in [1.165, 1.54) is 11.3 Å². The molecule has 0 aromatic carbocycles. The van der Waals surface area contributed by atoms with Crippen LogP contribution in [0.2, 0.25) is 0 Å². The molecule has 0 N–H and O–H groups in total. The monoisotopic (exact) mass is 272 g/mol. The number of alkyl halides is 1. The number of ether oxygens (including phenoxy) is 1. The number of aryl methyl sites for hydroxylation is 2. The first-order chi connectivity index (χ1) is 8.69. The lowest BCUT2D eigenvalue weighted by atomic mass is 10.0. The Morgan fingerprint density at radius 2 is 2.00 bits per heavy atom. The lowest BCUT2D eigenvalue weighted by Crippen LogP contribution is -2.08. The molecule has 0 saturated heterocycles. The largest absolute Gasteiger partial charge is 0.385 e. The quantitative estimate of drug-likeness (QED) is 0.533. The number of hydrogen-bond donors (Lipinski definition) is 0. The third-order valence-corrected chi connectivity index (χ3v) is 3.76. The Bertz CT molecular complexity index is 363. The maximum atomic E-state index is 6.46. The molecule has 0 radical (unpaired) electrons. The molecule has 1 unspecified atom stereocenters. The minimum Gasteiger partial charge on any atom is -0.385 e. The van der Waals surface area contributed by atoms with Crippen molar-refractivity contribution in [3.05, 3.63) is 17.0 Å². The predicted molar refractivity (Wildman–Crippen MR) is 76.4 cm³/mol. The van der Waals surface area contributed by atoms with E-state index in [9.17, 15) is 0 Å². The highest BCUT2D eigenvalue weighted by molar-refractivity contribution is 6.20. The number of aromatic nitrogens is 2. The molecular formula is C14H25ClN2O. The summed E-state index contributed by atoms with van der Waals surface area (Å²) >= 11 is 6.46. The molecule has 1 heterocycles. The molecule has 1 atom stereocenters. The number of halogens is 1. The van der Waals surface area contributed by atoms with Gasteiger partial charge < -0.3 is 4.74 Å². The zero-order valence-electron chi connectivity index (χ0n) is 12.0. The van der Waals surface area contributed by atoms with E-state index < -0.39 is 0 Å².